The fourth-order valence-corrected chi connectivity index (χ4v) is 1.96. The monoisotopic (exact) mass is 283 g/mol. The van der Waals surface area contributed by atoms with E-state index < -0.39 is 0 Å². The lowest BCUT2D eigenvalue weighted by Crippen LogP contribution is -2.21. The molecule has 1 atom stereocenters. The molecule has 2 N–H and O–H groups in total. The highest BCUT2D eigenvalue weighted by atomic mass is 35.5. The molecule has 2 nitrogen and oxygen atoms in total. The van der Waals surface area contributed by atoms with Crippen molar-refractivity contribution in [3.05, 3.63) is 28.8 Å². The number of hydrogen-bond donors (Lipinski definition) is 1. The summed E-state index contributed by atoms with van der Waals surface area (Å²) in [4.78, 5) is 0. The van der Waals surface area contributed by atoms with Crippen LogP contribution in [0.2, 0.25) is 5.02 Å². The smallest absolute Gasteiger partial charge is 0.137 e. The van der Waals surface area contributed by atoms with Gasteiger partial charge in [-0.15, -0.1) is 0 Å². The van der Waals surface area contributed by atoms with Gasteiger partial charge in [0.05, 0.1) is 11.6 Å². The second-order valence-corrected chi connectivity index (χ2v) is 6.70. The molecule has 0 saturated carbocycles. The van der Waals surface area contributed by atoms with Gasteiger partial charge < -0.3 is 10.5 Å². The van der Waals surface area contributed by atoms with Crippen LogP contribution in [0.25, 0.3) is 0 Å². The van der Waals surface area contributed by atoms with E-state index in [1.165, 1.54) is 5.56 Å². The molecule has 0 heterocycles. The summed E-state index contributed by atoms with van der Waals surface area (Å²) < 4.78 is 5.74. The van der Waals surface area contributed by atoms with E-state index in [-0.39, 0.29) is 11.5 Å². The molecule has 0 saturated heterocycles. The van der Waals surface area contributed by atoms with Crippen molar-refractivity contribution in [2.45, 2.75) is 53.0 Å². The maximum absolute atomic E-state index is 6.24. The molecule has 3 heteroatoms. The predicted molar refractivity (Wildman–Crippen MR) is 83.0 cm³/mol. The third kappa shape index (κ3) is 6.31. The fourth-order valence-electron chi connectivity index (χ4n) is 1.70. The molecule has 0 bridgehead atoms. The van der Waals surface area contributed by atoms with Crippen LogP contribution in [-0.2, 0) is 6.42 Å². The third-order valence-corrected chi connectivity index (χ3v) is 3.42. The molecule has 0 fully saturated rings. The molecule has 0 radical (unpaired) electrons. The van der Waals surface area contributed by atoms with E-state index in [1.807, 2.05) is 18.2 Å². The highest BCUT2D eigenvalue weighted by Gasteiger charge is 2.11. The van der Waals surface area contributed by atoms with Crippen molar-refractivity contribution in [3.8, 4) is 5.75 Å². The van der Waals surface area contributed by atoms with Crippen LogP contribution in [0, 0.1) is 5.41 Å². The van der Waals surface area contributed by atoms with E-state index >= 15 is 0 Å². The van der Waals surface area contributed by atoms with Gasteiger partial charge in [-0.25, -0.2) is 0 Å². The Labute approximate surface area is 122 Å². The van der Waals surface area contributed by atoms with Gasteiger partial charge in [0.25, 0.3) is 0 Å². The first-order valence-corrected chi connectivity index (χ1v) is 7.36. The van der Waals surface area contributed by atoms with Crippen molar-refractivity contribution in [2.24, 2.45) is 11.1 Å². The van der Waals surface area contributed by atoms with Gasteiger partial charge in [0.2, 0.25) is 0 Å². The summed E-state index contributed by atoms with van der Waals surface area (Å²) in [6.07, 6.45) is 2.84. The van der Waals surface area contributed by atoms with E-state index in [9.17, 15) is 0 Å². The number of halogens is 1. The molecule has 1 unspecified atom stereocenters. The largest absolute Gasteiger partial charge is 0.492 e. The number of benzene rings is 1. The summed E-state index contributed by atoms with van der Waals surface area (Å²) in [5.41, 5.74) is 7.39. The highest BCUT2D eigenvalue weighted by Crippen LogP contribution is 2.27. The van der Waals surface area contributed by atoms with E-state index in [0.29, 0.717) is 11.6 Å². The van der Waals surface area contributed by atoms with E-state index in [0.717, 1.165) is 25.0 Å². The summed E-state index contributed by atoms with van der Waals surface area (Å²) >= 11 is 6.24. The normalized spacial score (nSPS) is 13.4. The summed E-state index contributed by atoms with van der Waals surface area (Å²) in [6.45, 7) is 9.39. The molecule has 0 aliphatic carbocycles. The van der Waals surface area contributed by atoms with Crippen molar-refractivity contribution in [3.63, 3.8) is 0 Å². The van der Waals surface area contributed by atoms with E-state index in [4.69, 9.17) is 22.1 Å². The number of nitrogens with two attached hydrogens (primary N) is 1. The van der Waals surface area contributed by atoms with Crippen LogP contribution in [0.5, 0.6) is 5.75 Å². The third-order valence-electron chi connectivity index (χ3n) is 3.13. The maximum atomic E-state index is 6.24. The molecule has 0 spiro atoms. The van der Waals surface area contributed by atoms with Gasteiger partial charge in [-0.2, -0.15) is 0 Å². The SMILES string of the molecule is CCC(N)Cc1ccc(OCCC(C)(C)C)c(Cl)c1. The van der Waals surface area contributed by atoms with Crippen LogP contribution >= 0.6 is 11.6 Å². The van der Waals surface area contributed by atoms with Crippen molar-refractivity contribution in [1.82, 2.24) is 0 Å². The zero-order chi connectivity index (χ0) is 14.5. The standard InChI is InChI=1S/C16H26ClNO/c1-5-13(18)10-12-6-7-15(14(17)11-12)19-9-8-16(2,3)4/h6-7,11,13H,5,8-10,18H2,1-4H3. The second kappa shape index (κ2) is 7.16. The summed E-state index contributed by atoms with van der Waals surface area (Å²) in [7, 11) is 0. The molecule has 1 aromatic rings. The highest BCUT2D eigenvalue weighted by molar-refractivity contribution is 6.32. The number of hydrogen-bond acceptors (Lipinski definition) is 2. The molecule has 1 rings (SSSR count). The van der Waals surface area contributed by atoms with Crippen molar-refractivity contribution in [1.29, 1.82) is 0 Å². The molecule has 0 aliphatic heterocycles. The second-order valence-electron chi connectivity index (χ2n) is 6.30. The van der Waals surface area contributed by atoms with Crippen LogP contribution in [0.1, 0.15) is 46.1 Å². The summed E-state index contributed by atoms with van der Waals surface area (Å²) in [5.74, 6) is 0.764. The van der Waals surface area contributed by atoms with Crippen LogP contribution < -0.4 is 10.5 Å². The Bertz CT molecular complexity index is 398. The number of rotatable bonds is 6. The first-order chi connectivity index (χ1) is 8.81. The minimum Gasteiger partial charge on any atom is -0.492 e. The van der Waals surface area contributed by atoms with Crippen molar-refractivity contribution < 1.29 is 4.74 Å². The van der Waals surface area contributed by atoms with Gasteiger partial charge in [-0.3, -0.25) is 0 Å². The van der Waals surface area contributed by atoms with Crippen molar-refractivity contribution >= 4 is 11.6 Å². The zero-order valence-electron chi connectivity index (χ0n) is 12.5. The lowest BCUT2D eigenvalue weighted by atomic mass is 9.93. The average molecular weight is 284 g/mol. The topological polar surface area (TPSA) is 35.2 Å². The van der Waals surface area contributed by atoms with Crippen LogP contribution in [0.4, 0.5) is 0 Å². The Morgan fingerprint density at radius 1 is 1.32 bits per heavy atom. The summed E-state index contributed by atoms with van der Waals surface area (Å²) in [5, 5.41) is 0.676. The molecule has 108 valence electrons. The van der Waals surface area contributed by atoms with E-state index in [2.05, 4.69) is 27.7 Å². The Morgan fingerprint density at radius 2 is 2.00 bits per heavy atom. The van der Waals surface area contributed by atoms with Gasteiger partial charge in [0, 0.05) is 6.04 Å². The van der Waals surface area contributed by atoms with Gasteiger partial charge >= 0.3 is 0 Å². The predicted octanol–water partition coefficient (Wildman–Crippen LogP) is 4.43. The van der Waals surface area contributed by atoms with E-state index in [1.54, 1.807) is 0 Å². The number of ether oxygens (including phenoxy) is 1. The Hall–Kier alpha value is -0.730. The molecule has 1 aromatic carbocycles. The quantitative estimate of drug-likeness (QED) is 0.838. The maximum Gasteiger partial charge on any atom is 0.137 e. The van der Waals surface area contributed by atoms with Gasteiger partial charge in [0.15, 0.2) is 0 Å². The Morgan fingerprint density at radius 3 is 2.53 bits per heavy atom. The van der Waals surface area contributed by atoms with Gasteiger partial charge in [0.1, 0.15) is 5.75 Å². The lowest BCUT2D eigenvalue weighted by Gasteiger charge is -2.18. The minimum atomic E-state index is 0.198. The molecule has 19 heavy (non-hydrogen) atoms. The molecule has 0 aromatic heterocycles. The molecular weight excluding hydrogens is 258 g/mol. The minimum absolute atomic E-state index is 0.198. The fraction of sp³-hybridized carbons (Fsp3) is 0.625. The Balaban J connectivity index is 2.57. The van der Waals surface area contributed by atoms with Gasteiger partial charge in [-0.05, 0) is 42.4 Å². The van der Waals surface area contributed by atoms with Gasteiger partial charge in [-0.1, -0.05) is 45.4 Å². The average Bonchev–Trinajstić information content (AvgIpc) is 2.30. The first-order valence-electron chi connectivity index (χ1n) is 6.98. The molecule has 0 aliphatic rings. The van der Waals surface area contributed by atoms with Crippen LogP contribution in [0.3, 0.4) is 0 Å². The van der Waals surface area contributed by atoms with Crippen LogP contribution in [0.15, 0.2) is 18.2 Å². The van der Waals surface area contributed by atoms with Crippen LogP contribution in [-0.4, -0.2) is 12.6 Å². The summed E-state index contributed by atoms with van der Waals surface area (Å²) in [6, 6.07) is 6.16. The zero-order valence-corrected chi connectivity index (χ0v) is 13.3. The Kier molecular flexibility index (Phi) is 6.15. The lowest BCUT2D eigenvalue weighted by molar-refractivity contribution is 0.243. The first kappa shape index (κ1) is 16.3. The molecular formula is C16H26ClNO. The molecule has 0 amide bonds. The van der Waals surface area contributed by atoms with Crippen molar-refractivity contribution in [2.75, 3.05) is 6.61 Å².